The summed E-state index contributed by atoms with van der Waals surface area (Å²) in [7, 11) is 1.92. The van der Waals surface area contributed by atoms with Crippen molar-refractivity contribution in [3.63, 3.8) is 0 Å². The summed E-state index contributed by atoms with van der Waals surface area (Å²) < 4.78 is 0. The zero-order valence-electron chi connectivity index (χ0n) is 10.1. The first-order valence-electron chi connectivity index (χ1n) is 5.80. The van der Waals surface area contributed by atoms with Gasteiger partial charge in [0.2, 0.25) is 5.91 Å². The second kappa shape index (κ2) is 5.33. The molecule has 1 saturated carbocycles. The molecule has 3 heteroatoms. The quantitative estimate of drug-likeness (QED) is 0.722. The van der Waals surface area contributed by atoms with Gasteiger partial charge in [0.15, 0.2) is 0 Å². The van der Waals surface area contributed by atoms with Crippen LogP contribution < -0.4 is 0 Å². The molecule has 15 heavy (non-hydrogen) atoms. The van der Waals surface area contributed by atoms with Gasteiger partial charge in [0.25, 0.3) is 0 Å². The third-order valence-electron chi connectivity index (χ3n) is 3.55. The normalized spacial score (nSPS) is 18.1. The number of hydrogen-bond acceptors (Lipinski definition) is 1. The molecule has 0 unspecified atom stereocenters. The molecule has 0 saturated heterocycles. The molecule has 0 atom stereocenters. The summed E-state index contributed by atoms with van der Waals surface area (Å²) in [4.78, 5) is 13.9. The number of carbonyl (C=O) groups excluding carboxylic acids is 1. The molecule has 0 aromatic heterocycles. The number of rotatable bonds is 4. The van der Waals surface area contributed by atoms with E-state index in [1.165, 1.54) is 25.7 Å². The molecular formula is C12H22BrNO. The van der Waals surface area contributed by atoms with Crippen LogP contribution in [0.2, 0.25) is 0 Å². The molecule has 88 valence electrons. The zero-order valence-corrected chi connectivity index (χ0v) is 11.6. The van der Waals surface area contributed by atoms with Gasteiger partial charge in [-0.2, -0.15) is 0 Å². The number of halogens is 1. The molecule has 1 aliphatic rings. The Kier molecular flexibility index (Phi) is 4.63. The van der Waals surface area contributed by atoms with Crippen LogP contribution in [0.3, 0.4) is 0 Å². The SMILES string of the molecule is CN(C(=O)CC1CCCC1)C(C)(C)CBr. The Labute approximate surface area is 102 Å². The molecule has 0 bridgehead atoms. The number of alkyl halides is 1. The van der Waals surface area contributed by atoms with E-state index >= 15 is 0 Å². The van der Waals surface area contributed by atoms with Gasteiger partial charge in [0.05, 0.1) is 0 Å². The highest BCUT2D eigenvalue weighted by atomic mass is 79.9. The van der Waals surface area contributed by atoms with E-state index < -0.39 is 0 Å². The number of amides is 1. The first-order valence-corrected chi connectivity index (χ1v) is 6.92. The Bertz CT molecular complexity index is 222. The molecule has 0 aromatic carbocycles. The van der Waals surface area contributed by atoms with E-state index in [0.29, 0.717) is 11.8 Å². The van der Waals surface area contributed by atoms with E-state index in [4.69, 9.17) is 0 Å². The summed E-state index contributed by atoms with van der Waals surface area (Å²) in [6, 6.07) is 0. The smallest absolute Gasteiger partial charge is 0.223 e. The van der Waals surface area contributed by atoms with Crippen LogP contribution in [-0.4, -0.2) is 28.7 Å². The lowest BCUT2D eigenvalue weighted by Crippen LogP contribution is -2.46. The third-order valence-corrected chi connectivity index (χ3v) is 4.92. The van der Waals surface area contributed by atoms with Gasteiger partial charge in [-0.05, 0) is 32.6 Å². The van der Waals surface area contributed by atoms with Crippen molar-refractivity contribution in [2.75, 3.05) is 12.4 Å². The van der Waals surface area contributed by atoms with Crippen molar-refractivity contribution in [3.8, 4) is 0 Å². The summed E-state index contributed by atoms with van der Waals surface area (Å²) in [5, 5.41) is 0.826. The van der Waals surface area contributed by atoms with Crippen LogP contribution in [0.25, 0.3) is 0 Å². The third kappa shape index (κ3) is 3.47. The Balaban J connectivity index is 2.45. The highest BCUT2D eigenvalue weighted by Gasteiger charge is 2.28. The van der Waals surface area contributed by atoms with Crippen LogP contribution in [0.15, 0.2) is 0 Å². The monoisotopic (exact) mass is 275 g/mol. The fourth-order valence-corrected chi connectivity index (χ4v) is 2.40. The highest BCUT2D eigenvalue weighted by molar-refractivity contribution is 9.09. The van der Waals surface area contributed by atoms with Gasteiger partial charge in [-0.25, -0.2) is 0 Å². The summed E-state index contributed by atoms with van der Waals surface area (Å²) in [6.07, 6.45) is 5.85. The first-order chi connectivity index (χ1) is 6.97. The van der Waals surface area contributed by atoms with Crippen LogP contribution in [-0.2, 0) is 4.79 Å². The topological polar surface area (TPSA) is 20.3 Å². The lowest BCUT2D eigenvalue weighted by molar-refractivity contribution is -0.134. The van der Waals surface area contributed by atoms with Gasteiger partial charge in [0, 0.05) is 24.3 Å². The van der Waals surface area contributed by atoms with Gasteiger partial charge in [-0.15, -0.1) is 0 Å². The molecule has 0 radical (unpaired) electrons. The van der Waals surface area contributed by atoms with Gasteiger partial charge >= 0.3 is 0 Å². The highest BCUT2D eigenvalue weighted by Crippen LogP contribution is 2.29. The maximum atomic E-state index is 12.0. The summed E-state index contributed by atoms with van der Waals surface area (Å²) in [6.45, 7) is 4.18. The molecule has 0 aromatic rings. The average Bonchev–Trinajstić information content (AvgIpc) is 2.69. The van der Waals surface area contributed by atoms with Gasteiger partial charge < -0.3 is 4.90 Å². The predicted octanol–water partition coefficient (Wildman–Crippen LogP) is 3.20. The van der Waals surface area contributed by atoms with E-state index in [2.05, 4.69) is 29.8 Å². The minimum Gasteiger partial charge on any atom is -0.340 e. The Morgan fingerprint density at radius 2 is 1.93 bits per heavy atom. The molecule has 1 amide bonds. The molecule has 0 N–H and O–H groups in total. The van der Waals surface area contributed by atoms with Gasteiger partial charge in [-0.3, -0.25) is 4.79 Å². The number of hydrogen-bond donors (Lipinski definition) is 0. The largest absolute Gasteiger partial charge is 0.340 e. The molecule has 1 rings (SSSR count). The van der Waals surface area contributed by atoms with Gasteiger partial charge in [0.1, 0.15) is 0 Å². The molecule has 0 spiro atoms. The maximum absolute atomic E-state index is 12.0. The van der Waals surface area contributed by atoms with Crippen LogP contribution in [0.4, 0.5) is 0 Å². The minimum absolute atomic E-state index is 0.0737. The maximum Gasteiger partial charge on any atom is 0.223 e. The summed E-state index contributed by atoms with van der Waals surface area (Å²) in [5.74, 6) is 0.942. The van der Waals surface area contributed by atoms with Crippen LogP contribution >= 0.6 is 15.9 Å². The summed E-state index contributed by atoms with van der Waals surface area (Å²) in [5.41, 5.74) is -0.0737. The standard InChI is InChI=1S/C12H22BrNO/c1-12(2,9-13)14(3)11(15)8-10-6-4-5-7-10/h10H,4-9H2,1-3H3. The van der Waals surface area contributed by atoms with Crippen LogP contribution in [0.1, 0.15) is 46.0 Å². The number of nitrogens with zero attached hydrogens (tertiary/aromatic N) is 1. The lowest BCUT2D eigenvalue weighted by Gasteiger charge is -2.34. The van der Waals surface area contributed by atoms with Crippen molar-refractivity contribution < 1.29 is 4.79 Å². The molecule has 0 aliphatic heterocycles. The Morgan fingerprint density at radius 3 is 2.40 bits per heavy atom. The zero-order chi connectivity index (χ0) is 11.5. The van der Waals surface area contributed by atoms with E-state index in [1.807, 2.05) is 11.9 Å². The average molecular weight is 276 g/mol. The van der Waals surface area contributed by atoms with E-state index in [0.717, 1.165) is 11.8 Å². The van der Waals surface area contributed by atoms with Crippen molar-refractivity contribution in [2.24, 2.45) is 5.92 Å². The van der Waals surface area contributed by atoms with Crippen molar-refractivity contribution >= 4 is 21.8 Å². The van der Waals surface area contributed by atoms with Crippen molar-refractivity contribution in [3.05, 3.63) is 0 Å². The fraction of sp³-hybridized carbons (Fsp3) is 0.917. The van der Waals surface area contributed by atoms with E-state index in [-0.39, 0.29) is 5.54 Å². The number of carbonyl (C=O) groups is 1. The first kappa shape index (κ1) is 13.0. The van der Waals surface area contributed by atoms with E-state index in [9.17, 15) is 4.79 Å². The fourth-order valence-electron chi connectivity index (χ4n) is 2.03. The van der Waals surface area contributed by atoms with Crippen molar-refractivity contribution in [1.82, 2.24) is 4.90 Å². The lowest BCUT2D eigenvalue weighted by atomic mass is 10.0. The van der Waals surface area contributed by atoms with Crippen molar-refractivity contribution in [1.29, 1.82) is 0 Å². The molecule has 1 fully saturated rings. The Morgan fingerprint density at radius 1 is 1.40 bits per heavy atom. The summed E-state index contributed by atoms with van der Waals surface area (Å²) >= 11 is 3.46. The van der Waals surface area contributed by atoms with Crippen molar-refractivity contribution in [2.45, 2.75) is 51.5 Å². The second-order valence-corrected chi connectivity index (χ2v) is 5.81. The van der Waals surface area contributed by atoms with Crippen LogP contribution in [0, 0.1) is 5.92 Å². The van der Waals surface area contributed by atoms with Crippen LogP contribution in [0.5, 0.6) is 0 Å². The second-order valence-electron chi connectivity index (χ2n) is 5.25. The predicted molar refractivity (Wildman–Crippen MR) is 67.2 cm³/mol. The Hall–Kier alpha value is -0.0500. The molecular weight excluding hydrogens is 254 g/mol. The molecule has 1 aliphatic carbocycles. The van der Waals surface area contributed by atoms with E-state index in [1.54, 1.807) is 0 Å². The van der Waals surface area contributed by atoms with Gasteiger partial charge in [-0.1, -0.05) is 28.8 Å². The minimum atomic E-state index is -0.0737. The molecule has 2 nitrogen and oxygen atoms in total. The molecule has 0 heterocycles.